The van der Waals surface area contributed by atoms with Crippen molar-refractivity contribution in [2.45, 2.75) is 5.22 Å². The van der Waals surface area contributed by atoms with Gasteiger partial charge in [0.05, 0.1) is 21.5 Å². The van der Waals surface area contributed by atoms with Gasteiger partial charge in [-0.2, -0.15) is 0 Å². The smallest absolute Gasteiger partial charge is 0.257 e. The topological polar surface area (TPSA) is 81.1 Å². The summed E-state index contributed by atoms with van der Waals surface area (Å²) in [5, 5.41) is 3.72. The van der Waals surface area contributed by atoms with E-state index in [4.69, 9.17) is 33.4 Å². The fraction of sp³-hybridized carbons (Fsp3) is 0.0667. The van der Waals surface area contributed by atoms with Gasteiger partial charge >= 0.3 is 0 Å². The SMILES string of the molecule is Nc1c(Cl)cc(NC(=O)CSc2nc3ccccc3o2)cc1Cl. The zero-order chi connectivity index (χ0) is 16.4. The maximum Gasteiger partial charge on any atom is 0.257 e. The number of anilines is 2. The Balaban J connectivity index is 1.63. The highest BCUT2D eigenvalue weighted by atomic mass is 35.5. The predicted octanol–water partition coefficient (Wildman–Crippen LogP) is 4.45. The van der Waals surface area contributed by atoms with Crippen LogP contribution in [0.5, 0.6) is 0 Å². The Kier molecular flexibility index (Phi) is 4.66. The first-order chi connectivity index (χ1) is 11.0. The minimum Gasteiger partial charge on any atom is -0.431 e. The minimum absolute atomic E-state index is 0.145. The summed E-state index contributed by atoms with van der Waals surface area (Å²) in [6, 6.07) is 10.5. The quantitative estimate of drug-likeness (QED) is 0.525. The Morgan fingerprint density at radius 2 is 1.96 bits per heavy atom. The van der Waals surface area contributed by atoms with Crippen LogP contribution >= 0.6 is 35.0 Å². The molecule has 0 fully saturated rings. The van der Waals surface area contributed by atoms with Gasteiger partial charge in [0.25, 0.3) is 5.22 Å². The molecule has 5 nitrogen and oxygen atoms in total. The molecule has 0 unspecified atom stereocenters. The van der Waals surface area contributed by atoms with Gasteiger partial charge in [0.2, 0.25) is 5.91 Å². The molecule has 1 aromatic heterocycles. The number of carbonyl (C=O) groups is 1. The number of hydrogen-bond acceptors (Lipinski definition) is 5. The number of nitrogens with zero attached hydrogens (tertiary/aromatic N) is 1. The van der Waals surface area contributed by atoms with Crippen LogP contribution < -0.4 is 11.1 Å². The van der Waals surface area contributed by atoms with Crippen molar-refractivity contribution in [1.82, 2.24) is 4.98 Å². The van der Waals surface area contributed by atoms with Crippen molar-refractivity contribution in [3.8, 4) is 0 Å². The third-order valence-electron chi connectivity index (χ3n) is 2.96. The number of nitrogens with two attached hydrogens (primary N) is 1. The highest BCUT2D eigenvalue weighted by Crippen LogP contribution is 2.31. The van der Waals surface area contributed by atoms with Crippen LogP contribution in [-0.4, -0.2) is 16.6 Å². The number of nitrogen functional groups attached to an aromatic ring is 1. The molecule has 118 valence electrons. The van der Waals surface area contributed by atoms with E-state index >= 15 is 0 Å². The van der Waals surface area contributed by atoms with E-state index in [0.29, 0.717) is 26.5 Å². The van der Waals surface area contributed by atoms with Crippen LogP contribution in [0, 0.1) is 0 Å². The molecular formula is C15H11Cl2N3O2S. The fourth-order valence-electron chi connectivity index (χ4n) is 1.89. The maximum atomic E-state index is 12.0. The first kappa shape index (κ1) is 16.0. The average Bonchev–Trinajstić information content (AvgIpc) is 2.93. The number of rotatable bonds is 4. The van der Waals surface area contributed by atoms with Crippen LogP contribution in [0.2, 0.25) is 10.0 Å². The zero-order valence-corrected chi connectivity index (χ0v) is 14.0. The number of carbonyl (C=O) groups excluding carboxylic acids is 1. The van der Waals surface area contributed by atoms with Crippen molar-refractivity contribution in [2.75, 3.05) is 16.8 Å². The molecule has 0 bridgehead atoms. The zero-order valence-electron chi connectivity index (χ0n) is 11.7. The Bertz CT molecular complexity index is 826. The lowest BCUT2D eigenvalue weighted by molar-refractivity contribution is -0.113. The molecule has 0 atom stereocenters. The summed E-state index contributed by atoms with van der Waals surface area (Å²) in [5.74, 6) is -0.0824. The summed E-state index contributed by atoms with van der Waals surface area (Å²) in [4.78, 5) is 16.3. The number of aromatic nitrogens is 1. The summed E-state index contributed by atoms with van der Waals surface area (Å²) in [7, 11) is 0. The van der Waals surface area contributed by atoms with Gasteiger partial charge in [0.15, 0.2) is 5.58 Å². The number of oxazole rings is 1. The second kappa shape index (κ2) is 6.70. The number of benzene rings is 2. The molecule has 0 saturated carbocycles. The van der Waals surface area contributed by atoms with Crippen LogP contribution in [0.3, 0.4) is 0 Å². The molecule has 1 amide bonds. The minimum atomic E-state index is -0.228. The molecule has 0 aliphatic rings. The Morgan fingerprint density at radius 3 is 2.65 bits per heavy atom. The number of thioether (sulfide) groups is 1. The molecule has 3 N–H and O–H groups in total. The summed E-state index contributed by atoms with van der Waals surface area (Å²) >= 11 is 13.1. The Labute approximate surface area is 146 Å². The lowest BCUT2D eigenvalue weighted by Gasteiger charge is -2.07. The van der Waals surface area contributed by atoms with Crippen LogP contribution in [0.25, 0.3) is 11.1 Å². The average molecular weight is 368 g/mol. The van der Waals surface area contributed by atoms with Gasteiger partial charge in [-0.3, -0.25) is 4.79 Å². The summed E-state index contributed by atoms with van der Waals surface area (Å²) in [5.41, 5.74) is 7.86. The van der Waals surface area contributed by atoms with Crippen LogP contribution in [0.15, 0.2) is 46.0 Å². The third kappa shape index (κ3) is 3.72. The molecule has 8 heteroatoms. The van der Waals surface area contributed by atoms with Gasteiger partial charge in [-0.1, -0.05) is 47.1 Å². The number of halogens is 2. The second-order valence-corrected chi connectivity index (χ2v) is 6.38. The monoisotopic (exact) mass is 367 g/mol. The van der Waals surface area contributed by atoms with E-state index in [2.05, 4.69) is 10.3 Å². The second-order valence-electron chi connectivity index (χ2n) is 4.64. The van der Waals surface area contributed by atoms with Crippen molar-refractivity contribution in [3.05, 3.63) is 46.4 Å². The predicted molar refractivity (Wildman–Crippen MR) is 94.2 cm³/mol. The van der Waals surface area contributed by atoms with E-state index in [-0.39, 0.29) is 17.3 Å². The molecule has 0 radical (unpaired) electrons. The van der Waals surface area contributed by atoms with E-state index in [9.17, 15) is 4.79 Å². The van der Waals surface area contributed by atoms with E-state index < -0.39 is 0 Å². The van der Waals surface area contributed by atoms with Crippen molar-refractivity contribution < 1.29 is 9.21 Å². The summed E-state index contributed by atoms with van der Waals surface area (Å²) in [6.07, 6.45) is 0. The van der Waals surface area contributed by atoms with Crippen LogP contribution in [0.4, 0.5) is 11.4 Å². The van der Waals surface area contributed by atoms with Gasteiger partial charge in [0, 0.05) is 5.69 Å². The lowest BCUT2D eigenvalue weighted by atomic mass is 10.3. The van der Waals surface area contributed by atoms with E-state index in [1.54, 1.807) is 12.1 Å². The lowest BCUT2D eigenvalue weighted by Crippen LogP contribution is -2.14. The third-order valence-corrected chi connectivity index (χ3v) is 4.42. The largest absolute Gasteiger partial charge is 0.431 e. The molecule has 0 aliphatic carbocycles. The first-order valence-electron chi connectivity index (χ1n) is 6.55. The molecular weight excluding hydrogens is 357 g/mol. The number of para-hydroxylation sites is 2. The van der Waals surface area contributed by atoms with Crippen molar-refractivity contribution >= 4 is 63.3 Å². The molecule has 3 aromatic rings. The fourth-order valence-corrected chi connectivity index (χ4v) is 3.02. The van der Waals surface area contributed by atoms with Crippen LogP contribution in [-0.2, 0) is 4.79 Å². The molecule has 0 spiro atoms. The molecule has 23 heavy (non-hydrogen) atoms. The Hall–Kier alpha value is -1.89. The maximum absolute atomic E-state index is 12.0. The first-order valence-corrected chi connectivity index (χ1v) is 8.30. The van der Waals surface area contributed by atoms with E-state index in [1.807, 2.05) is 24.3 Å². The molecule has 1 heterocycles. The molecule has 3 rings (SSSR count). The Morgan fingerprint density at radius 1 is 1.26 bits per heavy atom. The number of fused-ring (bicyclic) bond motifs is 1. The normalized spacial score (nSPS) is 10.9. The molecule has 2 aromatic carbocycles. The van der Waals surface area contributed by atoms with Gasteiger partial charge in [0.1, 0.15) is 5.52 Å². The van der Waals surface area contributed by atoms with Crippen LogP contribution in [0.1, 0.15) is 0 Å². The van der Waals surface area contributed by atoms with Gasteiger partial charge in [-0.05, 0) is 24.3 Å². The van der Waals surface area contributed by atoms with Gasteiger partial charge in [-0.25, -0.2) is 4.98 Å². The molecule has 0 aliphatic heterocycles. The number of amides is 1. The number of hydrogen-bond donors (Lipinski definition) is 2. The van der Waals surface area contributed by atoms with E-state index in [0.717, 1.165) is 5.52 Å². The highest BCUT2D eigenvalue weighted by Gasteiger charge is 2.11. The molecule has 0 saturated heterocycles. The van der Waals surface area contributed by atoms with Gasteiger partial charge < -0.3 is 15.5 Å². The van der Waals surface area contributed by atoms with Crippen molar-refractivity contribution in [3.63, 3.8) is 0 Å². The summed E-state index contributed by atoms with van der Waals surface area (Å²) in [6.45, 7) is 0. The highest BCUT2D eigenvalue weighted by molar-refractivity contribution is 7.99. The van der Waals surface area contributed by atoms with E-state index in [1.165, 1.54) is 11.8 Å². The van der Waals surface area contributed by atoms with Crippen molar-refractivity contribution in [1.29, 1.82) is 0 Å². The number of nitrogens with one attached hydrogen (secondary N) is 1. The standard InChI is InChI=1S/C15H11Cl2N3O2S/c16-9-5-8(6-10(17)14(9)18)19-13(21)7-23-15-20-11-3-1-2-4-12(11)22-15/h1-6H,7,18H2,(H,19,21). The summed E-state index contributed by atoms with van der Waals surface area (Å²) < 4.78 is 5.54. The van der Waals surface area contributed by atoms with Crippen molar-refractivity contribution in [2.24, 2.45) is 0 Å². The van der Waals surface area contributed by atoms with Gasteiger partial charge in [-0.15, -0.1) is 0 Å².